The molecule has 0 unspecified atom stereocenters. The Labute approximate surface area is 362 Å². The number of ether oxygens (including phenoxy) is 8. The lowest BCUT2D eigenvalue weighted by Gasteiger charge is -2.49. The van der Waals surface area contributed by atoms with Crippen LogP contribution in [-0.4, -0.2) is 155 Å². The minimum atomic E-state index is -1.84. The SMILES string of the molecule is CC[C@H]1OC(=O)[C@H](C)[C@@H](O[C@H]2C[C@@](C)(OC)[C@@H](O)[C@H](C)O2)[C@H](C)[C@@H](O[C@@H]2O[C@H](C)C[C@H](N(C)C)[C@H]2OC(=O)OCc2ccccc2)[C@](C)(O)C[C@@H](C)CN[C@H](C)[C@@H](O)[C@]1(C)O. The van der Waals surface area contributed by atoms with Crippen molar-refractivity contribution in [1.29, 1.82) is 0 Å². The number of methoxy groups -OCH3 is 1. The number of likely N-dealkylation sites (N-methyl/N-ethyl adjacent to an activating group) is 1. The van der Waals surface area contributed by atoms with Gasteiger partial charge in [-0.2, -0.15) is 0 Å². The summed E-state index contributed by atoms with van der Waals surface area (Å²) in [6, 6.07) is 8.22. The number of aliphatic hydroxyl groups excluding tert-OH is 2. The second-order valence-corrected chi connectivity index (χ2v) is 18.8. The third-order valence-corrected chi connectivity index (χ3v) is 13.1. The molecule has 3 aliphatic heterocycles. The minimum absolute atomic E-state index is 0.0138. The highest BCUT2D eigenvalue weighted by Gasteiger charge is 2.53. The van der Waals surface area contributed by atoms with Gasteiger partial charge < -0.3 is 68.5 Å². The molecule has 18 atom stereocenters. The van der Waals surface area contributed by atoms with Crippen molar-refractivity contribution in [2.45, 2.75) is 192 Å². The van der Waals surface area contributed by atoms with E-state index in [-0.39, 0.29) is 43.9 Å². The van der Waals surface area contributed by atoms with E-state index >= 15 is 0 Å². The zero-order chi connectivity index (χ0) is 45.6. The van der Waals surface area contributed by atoms with Crippen molar-refractivity contribution < 1.29 is 67.9 Å². The summed E-state index contributed by atoms with van der Waals surface area (Å²) in [5, 5.41) is 50.2. The lowest BCUT2D eigenvalue weighted by atomic mass is 9.77. The molecule has 350 valence electrons. The molecule has 0 bridgehead atoms. The van der Waals surface area contributed by atoms with E-state index in [4.69, 9.17) is 37.9 Å². The molecule has 0 aliphatic carbocycles. The average Bonchev–Trinajstić information content (AvgIpc) is 3.20. The van der Waals surface area contributed by atoms with Gasteiger partial charge in [-0.3, -0.25) is 4.79 Å². The molecule has 0 spiro atoms. The summed E-state index contributed by atoms with van der Waals surface area (Å²) in [6.07, 6.45) is -9.94. The quantitative estimate of drug-likeness (QED) is 0.212. The highest BCUT2D eigenvalue weighted by atomic mass is 16.8. The van der Waals surface area contributed by atoms with Crippen LogP contribution in [0.1, 0.15) is 100 Å². The van der Waals surface area contributed by atoms with Gasteiger partial charge in [0.1, 0.15) is 30.5 Å². The summed E-state index contributed by atoms with van der Waals surface area (Å²) in [4.78, 5) is 29.7. The minimum Gasteiger partial charge on any atom is -0.459 e. The molecule has 16 nitrogen and oxygen atoms in total. The molecule has 4 rings (SSSR count). The van der Waals surface area contributed by atoms with Crippen LogP contribution in [0.25, 0.3) is 0 Å². The summed E-state index contributed by atoms with van der Waals surface area (Å²) in [5.41, 5.74) is -3.78. The van der Waals surface area contributed by atoms with E-state index in [1.54, 1.807) is 48.5 Å². The van der Waals surface area contributed by atoms with Gasteiger partial charge in [0.05, 0.1) is 47.6 Å². The van der Waals surface area contributed by atoms with E-state index in [1.807, 2.05) is 63.2 Å². The fourth-order valence-electron chi connectivity index (χ4n) is 9.33. The zero-order valence-electron chi connectivity index (χ0n) is 38.6. The largest absolute Gasteiger partial charge is 0.509 e. The molecular weight excluding hydrogens is 792 g/mol. The molecule has 3 heterocycles. The molecule has 0 amide bonds. The Bertz CT molecular complexity index is 1530. The third kappa shape index (κ3) is 12.6. The molecule has 16 heteroatoms. The number of cyclic esters (lactones) is 1. The van der Waals surface area contributed by atoms with E-state index in [0.717, 1.165) is 5.56 Å². The van der Waals surface area contributed by atoms with E-state index in [1.165, 1.54) is 14.0 Å². The molecule has 0 radical (unpaired) electrons. The highest BCUT2D eigenvalue weighted by Crippen LogP contribution is 2.40. The van der Waals surface area contributed by atoms with Crippen LogP contribution in [0.15, 0.2) is 30.3 Å². The van der Waals surface area contributed by atoms with Gasteiger partial charge in [0.2, 0.25) is 0 Å². The van der Waals surface area contributed by atoms with Crippen LogP contribution < -0.4 is 5.32 Å². The fourth-order valence-corrected chi connectivity index (χ4v) is 9.33. The molecule has 1 aromatic rings. The zero-order valence-corrected chi connectivity index (χ0v) is 38.6. The predicted molar refractivity (Wildman–Crippen MR) is 225 cm³/mol. The van der Waals surface area contributed by atoms with Crippen molar-refractivity contribution in [2.24, 2.45) is 17.8 Å². The van der Waals surface area contributed by atoms with Crippen molar-refractivity contribution in [3.05, 3.63) is 35.9 Å². The van der Waals surface area contributed by atoms with Crippen LogP contribution in [0.5, 0.6) is 0 Å². The number of hydrogen-bond acceptors (Lipinski definition) is 16. The van der Waals surface area contributed by atoms with Gasteiger partial charge in [0.15, 0.2) is 18.7 Å². The second-order valence-electron chi connectivity index (χ2n) is 18.8. The van der Waals surface area contributed by atoms with E-state index in [9.17, 15) is 30.0 Å². The monoisotopic (exact) mass is 869 g/mol. The molecule has 5 N–H and O–H groups in total. The molecule has 3 aliphatic rings. The van der Waals surface area contributed by atoms with Crippen molar-refractivity contribution >= 4 is 12.1 Å². The summed E-state index contributed by atoms with van der Waals surface area (Å²) < 4.78 is 49.8. The van der Waals surface area contributed by atoms with Crippen LogP contribution in [0.3, 0.4) is 0 Å². The number of carbonyl (C=O) groups excluding carboxylic acids is 2. The van der Waals surface area contributed by atoms with Gasteiger partial charge in [-0.1, -0.05) is 51.1 Å². The van der Waals surface area contributed by atoms with E-state index in [0.29, 0.717) is 13.0 Å². The first-order valence-electron chi connectivity index (χ1n) is 21.9. The first-order chi connectivity index (χ1) is 28.4. The van der Waals surface area contributed by atoms with Gasteiger partial charge in [-0.05, 0) is 99.9 Å². The topological polar surface area (TPSA) is 204 Å². The number of aliphatic hydroxyl groups is 4. The first-order valence-corrected chi connectivity index (χ1v) is 21.9. The smallest absolute Gasteiger partial charge is 0.459 e. The maximum atomic E-state index is 14.4. The Kier molecular flexibility index (Phi) is 18.0. The molecule has 0 aromatic heterocycles. The number of benzene rings is 1. The van der Waals surface area contributed by atoms with Crippen LogP contribution in [-0.2, 0) is 49.3 Å². The average molecular weight is 869 g/mol. The molecule has 3 saturated heterocycles. The molecular formula is C45H76N2O14. The summed E-state index contributed by atoms with van der Waals surface area (Å²) in [5.74, 6) is -2.86. The number of hydrogen-bond donors (Lipinski definition) is 5. The Hall–Kier alpha value is -2.48. The maximum Gasteiger partial charge on any atom is 0.509 e. The van der Waals surface area contributed by atoms with Crippen molar-refractivity contribution in [3.63, 3.8) is 0 Å². The highest BCUT2D eigenvalue weighted by molar-refractivity contribution is 5.73. The maximum absolute atomic E-state index is 14.4. The predicted octanol–water partition coefficient (Wildman–Crippen LogP) is 3.92. The molecule has 1 aromatic carbocycles. The van der Waals surface area contributed by atoms with Crippen LogP contribution >= 0.6 is 0 Å². The fraction of sp³-hybridized carbons (Fsp3) is 0.822. The Morgan fingerprint density at radius 1 is 0.934 bits per heavy atom. The van der Waals surface area contributed by atoms with Gasteiger partial charge in [0.25, 0.3) is 0 Å². The number of esters is 1. The summed E-state index contributed by atoms with van der Waals surface area (Å²) in [7, 11) is 5.24. The van der Waals surface area contributed by atoms with Gasteiger partial charge in [-0.15, -0.1) is 0 Å². The van der Waals surface area contributed by atoms with Crippen molar-refractivity contribution in [3.8, 4) is 0 Å². The van der Waals surface area contributed by atoms with Crippen molar-refractivity contribution in [1.82, 2.24) is 10.2 Å². The first kappa shape index (κ1) is 51.2. The Morgan fingerprint density at radius 2 is 1.59 bits per heavy atom. The summed E-state index contributed by atoms with van der Waals surface area (Å²) in [6.45, 7) is 17.6. The van der Waals surface area contributed by atoms with E-state index < -0.39 is 102 Å². The normalized spacial score (nSPS) is 43.4. The van der Waals surface area contributed by atoms with Crippen molar-refractivity contribution in [2.75, 3.05) is 27.7 Å². The second kappa shape index (κ2) is 21.5. The molecule has 0 saturated carbocycles. The standard InChI is InChI=1S/C45H76N2O14/c1-14-33-45(10,53)37(48)29(6)46-23-25(2)21-43(8,52)39(27(4)35(28(5)40(50)58-33)59-34-22-44(9,54-13)38(49)30(7)57-34)61-41-36(32(47(11)12)20-26(3)56-41)60-42(51)55-24-31-18-16-15-17-19-31/h15-19,25-30,32-39,41,46,48-49,52-53H,14,20-24H2,1-13H3/t25-,26-,27+,28-,29-,30+,32+,33-,34+,35+,36-,37-,38+,39-,41+,43-,44-,45-/m1/s1. The van der Waals surface area contributed by atoms with Crippen LogP contribution in [0, 0.1) is 17.8 Å². The van der Waals surface area contributed by atoms with Gasteiger partial charge in [0, 0.05) is 25.5 Å². The molecule has 3 fully saturated rings. The van der Waals surface area contributed by atoms with Crippen LogP contribution in [0.4, 0.5) is 4.79 Å². The van der Waals surface area contributed by atoms with E-state index in [2.05, 4.69) is 5.32 Å². The lowest BCUT2D eigenvalue weighted by molar-refractivity contribution is -0.318. The molecule has 61 heavy (non-hydrogen) atoms. The Balaban J connectivity index is 1.81. The van der Waals surface area contributed by atoms with Crippen LogP contribution in [0.2, 0.25) is 0 Å². The van der Waals surface area contributed by atoms with Gasteiger partial charge in [-0.25, -0.2) is 4.79 Å². The third-order valence-electron chi connectivity index (χ3n) is 13.1. The number of nitrogens with one attached hydrogen (secondary N) is 1. The van der Waals surface area contributed by atoms with Gasteiger partial charge >= 0.3 is 12.1 Å². The summed E-state index contributed by atoms with van der Waals surface area (Å²) >= 11 is 0. The lowest BCUT2D eigenvalue weighted by Crippen LogP contribution is -2.61. The number of rotatable bonds is 10. The number of carbonyl (C=O) groups is 2. The Morgan fingerprint density at radius 3 is 2.20 bits per heavy atom. The number of nitrogens with zero attached hydrogens (tertiary/aromatic N) is 1.